The number of hydrogen-bond acceptors (Lipinski definition) is 1. The van der Waals surface area contributed by atoms with Crippen molar-refractivity contribution in [3.63, 3.8) is 0 Å². The van der Waals surface area contributed by atoms with Crippen LogP contribution < -0.4 is 0 Å². The number of allylic oxidation sites excluding steroid dienone is 1. The van der Waals surface area contributed by atoms with Crippen LogP contribution in [0.4, 0.5) is 0 Å². The third-order valence-corrected chi connectivity index (χ3v) is 2.50. The first-order valence-electron chi connectivity index (χ1n) is 5.37. The van der Waals surface area contributed by atoms with E-state index in [4.69, 9.17) is 0 Å². The van der Waals surface area contributed by atoms with E-state index in [9.17, 15) is 0 Å². The maximum atomic E-state index is 4.20. The highest BCUT2D eigenvalue weighted by Gasteiger charge is 2.24. The largest absolute Gasteiger partial charge is 0.309 e. The zero-order valence-electron chi connectivity index (χ0n) is 11.1. The smallest absolute Gasteiger partial charge is 0.00297 e. The molecule has 0 bridgehead atoms. The number of hydrogen-bond donors (Lipinski definition) is 0. The molecule has 0 aromatic heterocycles. The molecule has 0 spiro atoms. The minimum Gasteiger partial charge on any atom is -0.309 e. The fourth-order valence-corrected chi connectivity index (χ4v) is 1.75. The second kappa shape index (κ2) is 4.48. The van der Waals surface area contributed by atoms with Gasteiger partial charge in [0.05, 0.1) is 0 Å². The van der Waals surface area contributed by atoms with Gasteiger partial charge in [-0.3, -0.25) is 0 Å². The van der Waals surface area contributed by atoms with Gasteiger partial charge in [0, 0.05) is 6.54 Å². The van der Waals surface area contributed by atoms with Crippen LogP contribution in [0.3, 0.4) is 0 Å². The average Bonchev–Trinajstić information content (AvgIpc) is 1.79. The van der Waals surface area contributed by atoms with E-state index in [1.165, 1.54) is 5.57 Å². The van der Waals surface area contributed by atoms with Crippen LogP contribution in [0.1, 0.15) is 41.0 Å². The minimum absolute atomic E-state index is 0.240. The summed E-state index contributed by atoms with van der Waals surface area (Å²) in [6.45, 7) is 16.6. The van der Waals surface area contributed by atoms with Crippen LogP contribution in [0.25, 0.3) is 0 Å². The van der Waals surface area contributed by atoms with Gasteiger partial charge in [0.2, 0.25) is 0 Å². The fourth-order valence-electron chi connectivity index (χ4n) is 1.75. The first-order valence-corrected chi connectivity index (χ1v) is 5.37. The van der Waals surface area contributed by atoms with Crippen molar-refractivity contribution in [2.45, 2.75) is 41.0 Å². The van der Waals surface area contributed by atoms with Crippen molar-refractivity contribution in [3.05, 3.63) is 12.2 Å². The Bertz CT molecular complexity index is 194. The Morgan fingerprint density at radius 2 is 1.50 bits per heavy atom. The van der Waals surface area contributed by atoms with E-state index in [0.29, 0.717) is 5.41 Å². The maximum Gasteiger partial charge on any atom is 0.00297 e. The molecule has 1 nitrogen and oxygen atoms in total. The van der Waals surface area contributed by atoms with Crippen LogP contribution in [0.5, 0.6) is 0 Å². The van der Waals surface area contributed by atoms with Gasteiger partial charge < -0.3 is 4.90 Å². The first kappa shape index (κ1) is 13.7. The van der Waals surface area contributed by atoms with E-state index >= 15 is 0 Å². The molecular formula is C13H27N. The Morgan fingerprint density at radius 3 is 1.79 bits per heavy atom. The maximum absolute atomic E-state index is 4.20. The summed E-state index contributed by atoms with van der Waals surface area (Å²) < 4.78 is 0. The van der Waals surface area contributed by atoms with Gasteiger partial charge in [-0.25, -0.2) is 0 Å². The number of rotatable bonds is 4. The molecule has 1 heteroatoms. The Kier molecular flexibility index (Phi) is 4.38. The molecule has 0 aromatic carbocycles. The normalized spacial score (nSPS) is 13.4. The molecule has 84 valence electrons. The zero-order chi connectivity index (χ0) is 11.6. The lowest BCUT2D eigenvalue weighted by Gasteiger charge is -2.33. The quantitative estimate of drug-likeness (QED) is 0.623. The highest BCUT2D eigenvalue weighted by Crippen LogP contribution is 2.34. The van der Waals surface area contributed by atoms with E-state index in [-0.39, 0.29) is 5.41 Å². The standard InChI is InChI=1S/C13H27N/c1-11(12(2,3)4)9-13(5,6)10-14(7)8/h1,9-10H2,2-8H3. The molecule has 0 aliphatic carbocycles. The Balaban J connectivity index is 4.30. The third-order valence-electron chi connectivity index (χ3n) is 2.50. The molecule has 0 radical (unpaired) electrons. The van der Waals surface area contributed by atoms with Gasteiger partial charge in [0.25, 0.3) is 0 Å². The monoisotopic (exact) mass is 197 g/mol. The van der Waals surface area contributed by atoms with E-state index < -0.39 is 0 Å². The van der Waals surface area contributed by atoms with Crippen molar-refractivity contribution < 1.29 is 0 Å². The second-order valence-corrected chi connectivity index (χ2v) is 6.43. The molecule has 0 heterocycles. The zero-order valence-corrected chi connectivity index (χ0v) is 11.1. The van der Waals surface area contributed by atoms with Crippen LogP contribution in [-0.4, -0.2) is 25.5 Å². The molecule has 0 saturated heterocycles. The molecule has 0 fully saturated rings. The Morgan fingerprint density at radius 1 is 1.07 bits per heavy atom. The molecule has 0 rings (SSSR count). The lowest BCUT2D eigenvalue weighted by atomic mass is 9.76. The van der Waals surface area contributed by atoms with Crippen molar-refractivity contribution in [2.24, 2.45) is 10.8 Å². The summed E-state index contributed by atoms with van der Waals surface area (Å²) in [5.74, 6) is 0. The van der Waals surface area contributed by atoms with E-state index in [1.54, 1.807) is 0 Å². The molecule has 0 aromatic rings. The lowest BCUT2D eigenvalue weighted by molar-refractivity contribution is 0.228. The van der Waals surface area contributed by atoms with Crippen LogP contribution in [-0.2, 0) is 0 Å². The van der Waals surface area contributed by atoms with Crippen molar-refractivity contribution >= 4 is 0 Å². The molecular weight excluding hydrogens is 170 g/mol. The second-order valence-electron chi connectivity index (χ2n) is 6.43. The van der Waals surface area contributed by atoms with Crippen molar-refractivity contribution in [1.82, 2.24) is 4.90 Å². The SMILES string of the molecule is C=C(CC(C)(C)CN(C)C)C(C)(C)C. The average molecular weight is 197 g/mol. The molecule has 0 atom stereocenters. The lowest BCUT2D eigenvalue weighted by Crippen LogP contribution is -2.30. The summed E-state index contributed by atoms with van der Waals surface area (Å²) >= 11 is 0. The third kappa shape index (κ3) is 5.43. The summed E-state index contributed by atoms with van der Waals surface area (Å²) in [6, 6.07) is 0. The van der Waals surface area contributed by atoms with Gasteiger partial charge in [0.15, 0.2) is 0 Å². The van der Waals surface area contributed by atoms with Crippen LogP contribution in [0.15, 0.2) is 12.2 Å². The van der Waals surface area contributed by atoms with Crippen molar-refractivity contribution in [2.75, 3.05) is 20.6 Å². The van der Waals surface area contributed by atoms with Gasteiger partial charge in [-0.15, -0.1) is 0 Å². The van der Waals surface area contributed by atoms with Crippen molar-refractivity contribution in [3.8, 4) is 0 Å². The van der Waals surface area contributed by atoms with Gasteiger partial charge in [-0.05, 0) is 31.3 Å². The first-order chi connectivity index (χ1) is 6.04. The van der Waals surface area contributed by atoms with E-state index in [1.807, 2.05) is 0 Å². The molecule has 0 aliphatic rings. The summed E-state index contributed by atoms with van der Waals surface area (Å²) in [5.41, 5.74) is 1.92. The predicted molar refractivity (Wildman–Crippen MR) is 65.5 cm³/mol. The molecule has 0 N–H and O–H groups in total. The Labute approximate surface area is 90.2 Å². The summed E-state index contributed by atoms with van der Waals surface area (Å²) in [5, 5.41) is 0. The predicted octanol–water partition coefficient (Wildman–Crippen LogP) is 3.57. The van der Waals surface area contributed by atoms with Gasteiger partial charge >= 0.3 is 0 Å². The molecule has 0 amide bonds. The number of nitrogens with zero attached hydrogens (tertiary/aromatic N) is 1. The van der Waals surface area contributed by atoms with E-state index in [2.05, 4.69) is 60.2 Å². The fraction of sp³-hybridized carbons (Fsp3) is 0.846. The summed E-state index contributed by atoms with van der Waals surface area (Å²) in [4.78, 5) is 2.25. The highest BCUT2D eigenvalue weighted by atomic mass is 15.1. The highest BCUT2D eigenvalue weighted by molar-refractivity contribution is 5.07. The summed E-state index contributed by atoms with van der Waals surface area (Å²) in [7, 11) is 4.25. The minimum atomic E-state index is 0.240. The molecule has 0 saturated carbocycles. The molecule has 14 heavy (non-hydrogen) atoms. The topological polar surface area (TPSA) is 3.24 Å². The Hall–Kier alpha value is -0.300. The van der Waals surface area contributed by atoms with E-state index in [0.717, 1.165) is 13.0 Å². The van der Waals surface area contributed by atoms with Crippen LogP contribution in [0, 0.1) is 10.8 Å². The van der Waals surface area contributed by atoms with Gasteiger partial charge in [0.1, 0.15) is 0 Å². The van der Waals surface area contributed by atoms with Crippen LogP contribution in [0.2, 0.25) is 0 Å². The van der Waals surface area contributed by atoms with Crippen LogP contribution >= 0.6 is 0 Å². The van der Waals surface area contributed by atoms with Crippen molar-refractivity contribution in [1.29, 1.82) is 0 Å². The summed E-state index contributed by atoms with van der Waals surface area (Å²) in [6.07, 6.45) is 1.11. The van der Waals surface area contributed by atoms with Gasteiger partial charge in [-0.1, -0.05) is 46.8 Å². The van der Waals surface area contributed by atoms with Gasteiger partial charge in [-0.2, -0.15) is 0 Å². The molecule has 0 aliphatic heterocycles. The molecule has 0 unspecified atom stereocenters.